The molecule has 0 aromatic heterocycles. The first kappa shape index (κ1) is 15.2. The number of alkyl halides is 1. The normalized spacial score (nSPS) is 14.5. The zero-order valence-electron chi connectivity index (χ0n) is 9.79. The molecule has 5 heteroatoms. The van der Waals surface area contributed by atoms with Crippen LogP contribution in [0.1, 0.15) is 33.6 Å². The first-order valence-corrected chi connectivity index (χ1v) is 7.70. The van der Waals surface area contributed by atoms with E-state index in [0.29, 0.717) is 18.5 Å². The summed E-state index contributed by atoms with van der Waals surface area (Å²) < 4.78 is 23.0. The van der Waals surface area contributed by atoms with E-state index in [9.17, 15) is 8.42 Å². The van der Waals surface area contributed by atoms with Crippen molar-refractivity contribution in [1.29, 1.82) is 0 Å². The average Bonchev–Trinajstić information content (AvgIpc) is 2.16. The number of rotatable bonds is 8. The molecule has 0 bridgehead atoms. The van der Waals surface area contributed by atoms with Gasteiger partial charge in [-0.15, -0.1) is 11.6 Å². The Kier molecular flexibility index (Phi) is 7.57. The summed E-state index contributed by atoms with van der Waals surface area (Å²) in [6.07, 6.45) is 1.87. The van der Waals surface area contributed by atoms with Gasteiger partial charge in [0.1, 0.15) is 0 Å². The fourth-order valence-electron chi connectivity index (χ4n) is 1.22. The Labute approximate surface area is 98.5 Å². The van der Waals surface area contributed by atoms with Crippen molar-refractivity contribution in [2.45, 2.75) is 44.9 Å². The van der Waals surface area contributed by atoms with Gasteiger partial charge in [0.2, 0.25) is 0 Å². The maximum absolute atomic E-state index is 11.5. The van der Waals surface area contributed by atoms with Crippen LogP contribution < -0.4 is 5.32 Å². The van der Waals surface area contributed by atoms with Crippen LogP contribution in [0.4, 0.5) is 0 Å². The monoisotopic (exact) mass is 255 g/mol. The van der Waals surface area contributed by atoms with Gasteiger partial charge < -0.3 is 5.32 Å². The third kappa shape index (κ3) is 6.38. The van der Waals surface area contributed by atoms with Gasteiger partial charge in [-0.05, 0) is 26.7 Å². The summed E-state index contributed by atoms with van der Waals surface area (Å²) in [5, 5.41) is 2.93. The SMILES string of the molecule is CCC(CCCl)NCCS(=O)(=O)C(C)C. The number of hydrogen-bond donors (Lipinski definition) is 1. The van der Waals surface area contributed by atoms with Crippen LogP contribution in [-0.2, 0) is 9.84 Å². The summed E-state index contributed by atoms with van der Waals surface area (Å²) in [6.45, 7) is 6.02. The first-order chi connectivity index (χ1) is 6.94. The van der Waals surface area contributed by atoms with Crippen molar-refractivity contribution in [2.24, 2.45) is 0 Å². The topological polar surface area (TPSA) is 46.2 Å². The molecule has 0 aliphatic rings. The highest BCUT2D eigenvalue weighted by atomic mass is 35.5. The molecule has 15 heavy (non-hydrogen) atoms. The fraction of sp³-hybridized carbons (Fsp3) is 1.00. The lowest BCUT2D eigenvalue weighted by molar-refractivity contribution is 0.498. The second-order valence-corrected chi connectivity index (χ2v) is 7.01. The van der Waals surface area contributed by atoms with Gasteiger partial charge in [0.05, 0.1) is 11.0 Å². The summed E-state index contributed by atoms with van der Waals surface area (Å²) in [5.74, 6) is 0.825. The van der Waals surface area contributed by atoms with E-state index in [1.807, 2.05) is 0 Å². The van der Waals surface area contributed by atoms with Gasteiger partial charge in [-0.25, -0.2) is 8.42 Å². The molecule has 0 heterocycles. The molecule has 1 unspecified atom stereocenters. The van der Waals surface area contributed by atoms with Gasteiger partial charge in [0.25, 0.3) is 0 Å². The van der Waals surface area contributed by atoms with Gasteiger partial charge in [0.15, 0.2) is 9.84 Å². The maximum atomic E-state index is 11.5. The summed E-state index contributed by atoms with van der Waals surface area (Å²) in [7, 11) is -2.91. The van der Waals surface area contributed by atoms with Crippen LogP contribution >= 0.6 is 11.6 Å². The Balaban J connectivity index is 3.87. The Morgan fingerprint density at radius 2 is 1.93 bits per heavy atom. The molecule has 0 aliphatic carbocycles. The number of nitrogens with one attached hydrogen (secondary N) is 1. The predicted octanol–water partition coefficient (Wildman–Crippen LogP) is 1.81. The van der Waals surface area contributed by atoms with Crippen LogP contribution in [0.15, 0.2) is 0 Å². The van der Waals surface area contributed by atoms with Crippen LogP contribution in [0, 0.1) is 0 Å². The fourth-order valence-corrected chi connectivity index (χ4v) is 2.36. The Morgan fingerprint density at radius 1 is 1.33 bits per heavy atom. The molecule has 0 fully saturated rings. The average molecular weight is 256 g/mol. The van der Waals surface area contributed by atoms with Crippen LogP contribution in [0.5, 0.6) is 0 Å². The zero-order valence-corrected chi connectivity index (χ0v) is 11.4. The van der Waals surface area contributed by atoms with Crippen LogP contribution in [0.2, 0.25) is 0 Å². The predicted molar refractivity (Wildman–Crippen MR) is 66.3 cm³/mol. The molecule has 92 valence electrons. The molecular formula is C10H22ClNO2S. The Morgan fingerprint density at radius 3 is 2.33 bits per heavy atom. The van der Waals surface area contributed by atoms with Crippen molar-refractivity contribution >= 4 is 21.4 Å². The smallest absolute Gasteiger partial charge is 0.153 e. The van der Waals surface area contributed by atoms with Crippen molar-refractivity contribution < 1.29 is 8.42 Å². The highest BCUT2D eigenvalue weighted by Crippen LogP contribution is 2.02. The van der Waals surface area contributed by atoms with E-state index in [1.54, 1.807) is 13.8 Å². The van der Waals surface area contributed by atoms with Crippen molar-refractivity contribution in [3.05, 3.63) is 0 Å². The summed E-state index contributed by atoms with van der Waals surface area (Å²) in [4.78, 5) is 0. The highest BCUT2D eigenvalue weighted by molar-refractivity contribution is 7.92. The van der Waals surface area contributed by atoms with Gasteiger partial charge >= 0.3 is 0 Å². The van der Waals surface area contributed by atoms with Crippen LogP contribution in [0.3, 0.4) is 0 Å². The van der Waals surface area contributed by atoms with Crippen molar-refractivity contribution in [2.75, 3.05) is 18.2 Å². The quantitative estimate of drug-likeness (QED) is 0.673. The molecule has 0 aliphatic heterocycles. The third-order valence-corrected chi connectivity index (χ3v) is 4.92. The summed E-state index contributed by atoms with van der Waals surface area (Å²) in [6, 6.07) is 0.338. The van der Waals surface area contributed by atoms with E-state index in [2.05, 4.69) is 12.2 Å². The van der Waals surface area contributed by atoms with Gasteiger partial charge in [-0.3, -0.25) is 0 Å². The standard InChI is InChI=1S/C10H22ClNO2S/c1-4-10(5-6-11)12-7-8-15(13,14)9(2)3/h9-10,12H,4-8H2,1-3H3. The molecule has 0 radical (unpaired) electrons. The highest BCUT2D eigenvalue weighted by Gasteiger charge is 2.15. The molecule has 1 N–H and O–H groups in total. The molecular weight excluding hydrogens is 234 g/mol. The summed E-state index contributed by atoms with van der Waals surface area (Å²) >= 11 is 5.64. The van der Waals surface area contributed by atoms with Gasteiger partial charge in [-0.1, -0.05) is 6.92 Å². The Bertz CT molecular complexity index is 252. The van der Waals surface area contributed by atoms with E-state index >= 15 is 0 Å². The molecule has 0 amide bonds. The number of hydrogen-bond acceptors (Lipinski definition) is 3. The minimum absolute atomic E-state index is 0.212. The van der Waals surface area contributed by atoms with E-state index in [-0.39, 0.29) is 11.0 Å². The van der Waals surface area contributed by atoms with Gasteiger partial charge in [0, 0.05) is 18.5 Å². The Hall–Kier alpha value is 0.200. The van der Waals surface area contributed by atoms with E-state index in [1.165, 1.54) is 0 Å². The first-order valence-electron chi connectivity index (χ1n) is 5.45. The number of sulfone groups is 1. The minimum Gasteiger partial charge on any atom is -0.313 e. The summed E-state index contributed by atoms with van der Waals surface area (Å²) in [5.41, 5.74) is 0. The molecule has 1 atom stereocenters. The van der Waals surface area contributed by atoms with Gasteiger partial charge in [-0.2, -0.15) is 0 Å². The largest absolute Gasteiger partial charge is 0.313 e. The zero-order chi connectivity index (χ0) is 11.9. The third-order valence-electron chi connectivity index (χ3n) is 2.49. The number of halogens is 1. The molecule has 3 nitrogen and oxygen atoms in total. The molecule has 0 saturated heterocycles. The van der Waals surface area contributed by atoms with Crippen LogP contribution in [-0.4, -0.2) is 37.9 Å². The lowest BCUT2D eigenvalue weighted by atomic mass is 10.2. The van der Waals surface area contributed by atoms with E-state index in [4.69, 9.17) is 11.6 Å². The van der Waals surface area contributed by atoms with Crippen molar-refractivity contribution in [3.8, 4) is 0 Å². The lowest BCUT2D eigenvalue weighted by Crippen LogP contribution is -2.34. The maximum Gasteiger partial charge on any atom is 0.153 e. The molecule has 0 aromatic rings. The van der Waals surface area contributed by atoms with Crippen LogP contribution in [0.25, 0.3) is 0 Å². The second kappa shape index (κ2) is 7.47. The second-order valence-electron chi connectivity index (χ2n) is 3.95. The molecule has 0 spiro atoms. The van der Waals surface area contributed by atoms with Crippen molar-refractivity contribution in [1.82, 2.24) is 5.32 Å². The molecule has 0 rings (SSSR count). The minimum atomic E-state index is -2.91. The lowest BCUT2D eigenvalue weighted by Gasteiger charge is -2.16. The molecule has 0 aromatic carbocycles. The molecule has 0 saturated carbocycles. The van der Waals surface area contributed by atoms with E-state index < -0.39 is 9.84 Å². The van der Waals surface area contributed by atoms with Crippen molar-refractivity contribution in [3.63, 3.8) is 0 Å². The van der Waals surface area contributed by atoms with E-state index in [0.717, 1.165) is 12.8 Å².